The van der Waals surface area contributed by atoms with Crippen molar-refractivity contribution < 1.29 is 4.74 Å². The van der Waals surface area contributed by atoms with E-state index in [1.165, 1.54) is 16.8 Å². The largest absolute Gasteiger partial charge is 0.496 e. The van der Waals surface area contributed by atoms with Gasteiger partial charge in [0.25, 0.3) is 0 Å². The van der Waals surface area contributed by atoms with E-state index in [4.69, 9.17) is 4.74 Å². The number of hydrogen-bond acceptors (Lipinski definition) is 3. The summed E-state index contributed by atoms with van der Waals surface area (Å²) in [7, 11) is 1.70. The third-order valence-corrected chi connectivity index (χ3v) is 3.81. The summed E-state index contributed by atoms with van der Waals surface area (Å²) in [5, 5.41) is 6.96. The molecule has 3 rings (SSSR count). The van der Waals surface area contributed by atoms with Crippen molar-refractivity contribution in [3.63, 3.8) is 0 Å². The maximum absolute atomic E-state index is 5.29. The lowest BCUT2D eigenvalue weighted by molar-refractivity contribution is 0.412. The predicted molar refractivity (Wildman–Crippen MR) is 83.7 cm³/mol. The highest BCUT2D eigenvalue weighted by Crippen LogP contribution is 2.27. The lowest BCUT2D eigenvalue weighted by Gasteiger charge is -2.12. The summed E-state index contributed by atoms with van der Waals surface area (Å²) in [5.74, 6) is 0.929. The Bertz CT molecular complexity index is 622. The molecule has 0 unspecified atom stereocenters. The minimum Gasteiger partial charge on any atom is -0.496 e. The highest BCUT2D eigenvalue weighted by Gasteiger charge is 2.13. The number of methoxy groups -OCH3 is 1. The lowest BCUT2D eigenvalue weighted by atomic mass is 10.1. The molecule has 3 nitrogen and oxygen atoms in total. The molecular formula is C17H20N2O. The van der Waals surface area contributed by atoms with Crippen LogP contribution in [0.25, 0.3) is 0 Å². The van der Waals surface area contributed by atoms with Gasteiger partial charge < -0.3 is 15.4 Å². The van der Waals surface area contributed by atoms with Crippen molar-refractivity contribution in [3.05, 3.63) is 53.1 Å². The van der Waals surface area contributed by atoms with Crippen molar-refractivity contribution in [2.75, 3.05) is 24.3 Å². The van der Waals surface area contributed by atoms with Gasteiger partial charge in [-0.25, -0.2) is 0 Å². The highest BCUT2D eigenvalue weighted by molar-refractivity contribution is 5.62. The molecule has 0 bridgehead atoms. The first kappa shape index (κ1) is 12.9. The van der Waals surface area contributed by atoms with Gasteiger partial charge in [-0.2, -0.15) is 0 Å². The van der Waals surface area contributed by atoms with Crippen LogP contribution >= 0.6 is 0 Å². The quantitative estimate of drug-likeness (QED) is 0.889. The molecular weight excluding hydrogens is 248 g/mol. The average molecular weight is 268 g/mol. The Kier molecular flexibility index (Phi) is 3.50. The fraction of sp³-hybridized carbons (Fsp3) is 0.294. The molecule has 0 amide bonds. The Morgan fingerprint density at radius 1 is 1.25 bits per heavy atom. The summed E-state index contributed by atoms with van der Waals surface area (Å²) in [6.07, 6.45) is 1.13. The minimum absolute atomic E-state index is 0.835. The third kappa shape index (κ3) is 2.44. The van der Waals surface area contributed by atoms with Crippen molar-refractivity contribution in [1.82, 2.24) is 0 Å². The topological polar surface area (TPSA) is 33.3 Å². The van der Waals surface area contributed by atoms with E-state index in [9.17, 15) is 0 Å². The van der Waals surface area contributed by atoms with Crippen LogP contribution in [-0.2, 0) is 13.0 Å². The van der Waals surface area contributed by atoms with Crippen molar-refractivity contribution >= 4 is 11.4 Å². The molecule has 1 aliphatic heterocycles. The first-order valence-electron chi connectivity index (χ1n) is 7.01. The van der Waals surface area contributed by atoms with Crippen LogP contribution in [0.2, 0.25) is 0 Å². The number of anilines is 2. The van der Waals surface area contributed by atoms with Gasteiger partial charge in [0, 0.05) is 24.5 Å². The minimum atomic E-state index is 0.835. The second-order valence-electron chi connectivity index (χ2n) is 5.17. The van der Waals surface area contributed by atoms with Crippen LogP contribution in [0.4, 0.5) is 11.4 Å². The van der Waals surface area contributed by atoms with Gasteiger partial charge >= 0.3 is 0 Å². The van der Waals surface area contributed by atoms with Gasteiger partial charge in [0.2, 0.25) is 0 Å². The molecule has 2 aromatic rings. The predicted octanol–water partition coefficient (Wildman–Crippen LogP) is 3.58. The van der Waals surface area contributed by atoms with E-state index in [1.807, 2.05) is 6.07 Å². The standard InChI is InChI=1S/C17H20N2O/c1-12-10-15(6-7-16(12)20-2)19-11-14-5-3-4-13-8-9-18-17(13)14/h3-7,10,18-19H,8-9,11H2,1-2H3. The number of aryl methyl sites for hydroxylation is 1. The van der Waals surface area contributed by atoms with E-state index < -0.39 is 0 Å². The van der Waals surface area contributed by atoms with Gasteiger partial charge in [0.05, 0.1) is 7.11 Å². The Hall–Kier alpha value is -2.16. The van der Waals surface area contributed by atoms with Crippen LogP contribution in [0.5, 0.6) is 5.75 Å². The second-order valence-corrected chi connectivity index (χ2v) is 5.17. The normalized spacial score (nSPS) is 12.7. The summed E-state index contributed by atoms with van der Waals surface area (Å²) in [5.41, 5.74) is 6.33. The molecule has 0 fully saturated rings. The molecule has 0 saturated carbocycles. The molecule has 0 atom stereocenters. The summed E-state index contributed by atoms with van der Waals surface area (Å²) in [6.45, 7) is 3.95. The molecule has 1 aliphatic rings. The van der Waals surface area contributed by atoms with E-state index in [-0.39, 0.29) is 0 Å². The summed E-state index contributed by atoms with van der Waals surface area (Å²) >= 11 is 0. The maximum atomic E-state index is 5.29. The molecule has 0 aromatic heterocycles. The van der Waals surface area contributed by atoms with Gasteiger partial charge in [-0.15, -0.1) is 0 Å². The molecule has 2 aromatic carbocycles. The highest BCUT2D eigenvalue weighted by atomic mass is 16.5. The van der Waals surface area contributed by atoms with Crippen LogP contribution in [-0.4, -0.2) is 13.7 Å². The van der Waals surface area contributed by atoms with Gasteiger partial charge in [-0.1, -0.05) is 18.2 Å². The first-order valence-corrected chi connectivity index (χ1v) is 7.01. The number of benzene rings is 2. The van der Waals surface area contributed by atoms with Gasteiger partial charge in [0.15, 0.2) is 0 Å². The molecule has 3 heteroatoms. The van der Waals surface area contributed by atoms with Gasteiger partial charge in [-0.05, 0) is 48.2 Å². The van der Waals surface area contributed by atoms with Crippen molar-refractivity contribution in [2.24, 2.45) is 0 Å². The van der Waals surface area contributed by atoms with Crippen LogP contribution in [0.1, 0.15) is 16.7 Å². The van der Waals surface area contributed by atoms with E-state index in [1.54, 1.807) is 7.11 Å². The van der Waals surface area contributed by atoms with Crippen LogP contribution in [0.3, 0.4) is 0 Å². The van der Waals surface area contributed by atoms with Crippen LogP contribution in [0, 0.1) is 6.92 Å². The Balaban J connectivity index is 1.74. The van der Waals surface area contributed by atoms with Crippen LogP contribution in [0.15, 0.2) is 36.4 Å². The van der Waals surface area contributed by atoms with E-state index >= 15 is 0 Å². The first-order chi connectivity index (χ1) is 9.78. The summed E-state index contributed by atoms with van der Waals surface area (Å²) in [4.78, 5) is 0. The van der Waals surface area contributed by atoms with E-state index in [2.05, 4.69) is 47.9 Å². The molecule has 0 saturated heterocycles. The zero-order valence-corrected chi connectivity index (χ0v) is 12.0. The monoisotopic (exact) mass is 268 g/mol. The number of fused-ring (bicyclic) bond motifs is 1. The van der Waals surface area contributed by atoms with Gasteiger partial charge in [0.1, 0.15) is 5.75 Å². The van der Waals surface area contributed by atoms with E-state index in [0.29, 0.717) is 0 Å². The molecule has 20 heavy (non-hydrogen) atoms. The van der Waals surface area contributed by atoms with Crippen molar-refractivity contribution in [1.29, 1.82) is 0 Å². The smallest absolute Gasteiger partial charge is 0.121 e. The molecule has 0 aliphatic carbocycles. The fourth-order valence-electron chi connectivity index (χ4n) is 2.74. The van der Waals surface area contributed by atoms with Crippen molar-refractivity contribution in [3.8, 4) is 5.75 Å². The number of para-hydroxylation sites is 1. The summed E-state index contributed by atoms with van der Waals surface area (Å²) in [6, 6.07) is 12.7. The SMILES string of the molecule is COc1ccc(NCc2cccc3c2NCC3)cc1C. The number of nitrogens with one attached hydrogen (secondary N) is 2. The Morgan fingerprint density at radius 2 is 2.15 bits per heavy atom. The Morgan fingerprint density at radius 3 is 2.95 bits per heavy atom. The average Bonchev–Trinajstić information content (AvgIpc) is 2.94. The number of rotatable bonds is 4. The van der Waals surface area contributed by atoms with Crippen LogP contribution < -0.4 is 15.4 Å². The molecule has 104 valence electrons. The lowest BCUT2D eigenvalue weighted by Crippen LogP contribution is -2.03. The zero-order valence-electron chi connectivity index (χ0n) is 12.0. The maximum Gasteiger partial charge on any atom is 0.121 e. The Labute approximate surface area is 120 Å². The second kappa shape index (κ2) is 5.45. The van der Waals surface area contributed by atoms with E-state index in [0.717, 1.165) is 36.5 Å². The van der Waals surface area contributed by atoms with Crippen molar-refractivity contribution in [2.45, 2.75) is 19.9 Å². The fourth-order valence-corrected chi connectivity index (χ4v) is 2.74. The molecule has 0 spiro atoms. The number of ether oxygens (including phenoxy) is 1. The number of hydrogen-bond donors (Lipinski definition) is 2. The third-order valence-electron chi connectivity index (χ3n) is 3.81. The zero-order chi connectivity index (χ0) is 13.9. The molecule has 0 radical (unpaired) electrons. The molecule has 1 heterocycles. The summed E-state index contributed by atoms with van der Waals surface area (Å²) < 4.78 is 5.29. The van der Waals surface area contributed by atoms with Gasteiger partial charge in [-0.3, -0.25) is 0 Å². The molecule has 2 N–H and O–H groups in total.